The molecule has 7 nitrogen and oxygen atoms in total. The molecule has 0 spiro atoms. The van der Waals surface area contributed by atoms with Crippen LogP contribution < -0.4 is 10.5 Å². The van der Waals surface area contributed by atoms with Crippen LogP contribution in [0.4, 0.5) is 0 Å². The first-order chi connectivity index (χ1) is 10.0. The highest BCUT2D eigenvalue weighted by Gasteiger charge is 2.22. The van der Waals surface area contributed by atoms with Crippen LogP contribution in [0.3, 0.4) is 0 Å². The van der Waals surface area contributed by atoms with E-state index in [2.05, 4.69) is 31.7 Å². The van der Waals surface area contributed by atoms with Crippen LogP contribution in [-0.4, -0.2) is 30.1 Å². The molecule has 0 aliphatic heterocycles. The largest absolute Gasteiger partial charge is 0.320 e. The molecule has 8 heteroatoms. The second-order valence-electron chi connectivity index (χ2n) is 4.22. The van der Waals surface area contributed by atoms with Gasteiger partial charge in [0.2, 0.25) is 10.0 Å². The van der Waals surface area contributed by atoms with Gasteiger partial charge in [-0.2, -0.15) is 5.10 Å². The number of benzene rings is 1. The van der Waals surface area contributed by atoms with E-state index in [9.17, 15) is 8.42 Å². The Kier molecular flexibility index (Phi) is 4.70. The molecule has 0 aliphatic rings. The minimum atomic E-state index is -3.73. The molecule has 0 bridgehead atoms. The van der Waals surface area contributed by atoms with Gasteiger partial charge in [-0.3, -0.25) is 5.10 Å². The standard InChI is InChI=1S/C13H15N5O2S/c1-10(13-15-9-16-17-13)18-21(19,20)12-7-3-2-5-11(12)6-4-8-14/h2-3,5,7,9-10,18H,8,14H2,1H3,(H,15,16,17). The van der Waals surface area contributed by atoms with E-state index < -0.39 is 16.1 Å². The van der Waals surface area contributed by atoms with E-state index in [1.807, 2.05) is 0 Å². The zero-order valence-electron chi connectivity index (χ0n) is 11.4. The number of hydrogen-bond acceptors (Lipinski definition) is 5. The lowest BCUT2D eigenvalue weighted by molar-refractivity contribution is 0.560. The lowest BCUT2D eigenvalue weighted by Gasteiger charge is -2.12. The summed E-state index contributed by atoms with van der Waals surface area (Å²) < 4.78 is 27.4. The molecule has 1 atom stereocenters. The molecule has 21 heavy (non-hydrogen) atoms. The van der Waals surface area contributed by atoms with Crippen LogP contribution in [0.2, 0.25) is 0 Å². The van der Waals surface area contributed by atoms with Crippen molar-refractivity contribution in [1.29, 1.82) is 0 Å². The Morgan fingerprint density at radius 3 is 2.86 bits per heavy atom. The van der Waals surface area contributed by atoms with Crippen LogP contribution >= 0.6 is 0 Å². The number of nitrogens with zero attached hydrogens (tertiary/aromatic N) is 2. The molecule has 1 aromatic heterocycles. The average molecular weight is 305 g/mol. The summed E-state index contributed by atoms with van der Waals surface area (Å²) in [5, 5.41) is 6.32. The Morgan fingerprint density at radius 1 is 1.43 bits per heavy atom. The summed E-state index contributed by atoms with van der Waals surface area (Å²) in [5.74, 6) is 5.85. The Morgan fingerprint density at radius 2 is 2.19 bits per heavy atom. The molecule has 0 radical (unpaired) electrons. The molecule has 110 valence electrons. The van der Waals surface area contributed by atoms with Crippen molar-refractivity contribution < 1.29 is 8.42 Å². The van der Waals surface area contributed by atoms with Crippen molar-refractivity contribution in [2.24, 2.45) is 5.73 Å². The minimum Gasteiger partial charge on any atom is -0.320 e. The molecule has 0 amide bonds. The number of nitrogens with one attached hydrogen (secondary N) is 2. The van der Waals surface area contributed by atoms with Gasteiger partial charge in [0.05, 0.1) is 17.5 Å². The summed E-state index contributed by atoms with van der Waals surface area (Å²) in [4.78, 5) is 4.04. The monoisotopic (exact) mass is 305 g/mol. The van der Waals surface area contributed by atoms with Gasteiger partial charge in [0.25, 0.3) is 0 Å². The van der Waals surface area contributed by atoms with E-state index in [1.54, 1.807) is 25.1 Å². The van der Waals surface area contributed by atoms with Crippen molar-refractivity contribution in [3.8, 4) is 11.8 Å². The highest BCUT2D eigenvalue weighted by atomic mass is 32.2. The van der Waals surface area contributed by atoms with Crippen LogP contribution in [0.15, 0.2) is 35.5 Å². The second kappa shape index (κ2) is 6.49. The maximum Gasteiger partial charge on any atom is 0.242 e. The van der Waals surface area contributed by atoms with Crippen molar-refractivity contribution in [2.75, 3.05) is 6.54 Å². The lowest BCUT2D eigenvalue weighted by Crippen LogP contribution is -2.28. The molecular weight excluding hydrogens is 290 g/mol. The van der Waals surface area contributed by atoms with Crippen LogP contribution in [0.25, 0.3) is 0 Å². The van der Waals surface area contributed by atoms with Gasteiger partial charge in [-0.15, -0.1) is 0 Å². The fourth-order valence-electron chi connectivity index (χ4n) is 1.73. The Hall–Kier alpha value is -2.21. The molecule has 1 heterocycles. The van der Waals surface area contributed by atoms with Crippen molar-refractivity contribution >= 4 is 10.0 Å². The minimum absolute atomic E-state index is 0.109. The van der Waals surface area contributed by atoms with E-state index in [0.717, 1.165) is 0 Å². The van der Waals surface area contributed by atoms with Gasteiger partial charge in [0.15, 0.2) is 0 Å². The molecule has 2 aromatic rings. The number of aromatic amines is 1. The predicted octanol–water partition coefficient (Wildman–Crippen LogP) is 0.154. The summed E-state index contributed by atoms with van der Waals surface area (Å²) in [6.45, 7) is 1.84. The molecule has 0 aliphatic carbocycles. The van der Waals surface area contributed by atoms with E-state index in [4.69, 9.17) is 5.73 Å². The van der Waals surface area contributed by atoms with Gasteiger partial charge in [0, 0.05) is 5.56 Å². The quantitative estimate of drug-likeness (QED) is 0.696. The number of H-pyrrole nitrogens is 1. The number of aromatic nitrogens is 3. The normalized spacial score (nSPS) is 12.5. The van der Waals surface area contributed by atoms with Gasteiger partial charge in [-0.1, -0.05) is 24.0 Å². The van der Waals surface area contributed by atoms with Crippen molar-refractivity contribution in [2.45, 2.75) is 17.9 Å². The third-order valence-electron chi connectivity index (χ3n) is 2.68. The van der Waals surface area contributed by atoms with E-state index >= 15 is 0 Å². The first-order valence-corrected chi connectivity index (χ1v) is 7.68. The van der Waals surface area contributed by atoms with Crippen molar-refractivity contribution in [1.82, 2.24) is 19.9 Å². The van der Waals surface area contributed by atoms with Gasteiger partial charge in [0.1, 0.15) is 12.2 Å². The highest BCUT2D eigenvalue weighted by Crippen LogP contribution is 2.17. The van der Waals surface area contributed by atoms with Crippen LogP contribution in [-0.2, 0) is 10.0 Å². The SMILES string of the molecule is CC(NS(=O)(=O)c1ccccc1C#CCN)c1ncn[nH]1. The van der Waals surface area contributed by atoms with Gasteiger partial charge >= 0.3 is 0 Å². The zero-order chi connectivity index (χ0) is 15.3. The summed E-state index contributed by atoms with van der Waals surface area (Å²) in [6.07, 6.45) is 1.32. The van der Waals surface area contributed by atoms with E-state index in [-0.39, 0.29) is 11.4 Å². The number of nitrogens with two attached hydrogens (primary N) is 1. The fraction of sp³-hybridized carbons (Fsp3) is 0.231. The predicted molar refractivity (Wildman–Crippen MR) is 77.5 cm³/mol. The molecular formula is C13H15N5O2S. The van der Waals surface area contributed by atoms with Gasteiger partial charge in [-0.25, -0.2) is 18.1 Å². The molecule has 1 aromatic carbocycles. The van der Waals surface area contributed by atoms with E-state index in [0.29, 0.717) is 11.4 Å². The Balaban J connectivity index is 2.32. The molecule has 2 rings (SSSR count). The smallest absolute Gasteiger partial charge is 0.242 e. The number of rotatable bonds is 4. The van der Waals surface area contributed by atoms with Gasteiger partial charge in [-0.05, 0) is 19.1 Å². The van der Waals surface area contributed by atoms with E-state index in [1.165, 1.54) is 12.4 Å². The zero-order valence-corrected chi connectivity index (χ0v) is 12.2. The number of sulfonamides is 1. The lowest BCUT2D eigenvalue weighted by atomic mass is 10.2. The summed E-state index contributed by atoms with van der Waals surface area (Å²) in [7, 11) is -3.73. The fourth-order valence-corrected chi connectivity index (χ4v) is 3.10. The topological polar surface area (TPSA) is 114 Å². The van der Waals surface area contributed by atoms with Crippen molar-refractivity contribution in [3.63, 3.8) is 0 Å². The van der Waals surface area contributed by atoms with Crippen LogP contribution in [0.5, 0.6) is 0 Å². The third kappa shape index (κ3) is 3.66. The first-order valence-electron chi connectivity index (χ1n) is 6.20. The number of hydrogen-bond donors (Lipinski definition) is 3. The Labute approximate surface area is 123 Å². The Bertz CT molecular complexity index is 759. The van der Waals surface area contributed by atoms with Crippen LogP contribution in [0, 0.1) is 11.8 Å². The molecule has 0 saturated carbocycles. The van der Waals surface area contributed by atoms with Gasteiger partial charge < -0.3 is 5.73 Å². The summed E-state index contributed by atoms with van der Waals surface area (Å²) >= 11 is 0. The molecule has 0 saturated heterocycles. The molecule has 0 fully saturated rings. The third-order valence-corrected chi connectivity index (χ3v) is 4.28. The average Bonchev–Trinajstić information content (AvgIpc) is 2.99. The first kappa shape index (κ1) is 15.2. The van der Waals surface area contributed by atoms with Crippen molar-refractivity contribution in [3.05, 3.63) is 42.0 Å². The summed E-state index contributed by atoms with van der Waals surface area (Å²) in [6, 6.07) is 5.96. The molecule has 1 unspecified atom stereocenters. The summed E-state index contributed by atoms with van der Waals surface area (Å²) in [5.41, 5.74) is 5.73. The molecule has 4 N–H and O–H groups in total. The second-order valence-corrected chi connectivity index (χ2v) is 5.90. The maximum atomic E-state index is 12.4. The highest BCUT2D eigenvalue weighted by molar-refractivity contribution is 7.89. The maximum absolute atomic E-state index is 12.4. The van der Waals surface area contributed by atoms with Crippen LogP contribution in [0.1, 0.15) is 24.4 Å².